The first-order valence-corrected chi connectivity index (χ1v) is 6.71. The zero-order valence-electron chi connectivity index (χ0n) is 11.7. The van der Waals surface area contributed by atoms with Crippen LogP contribution in [-0.4, -0.2) is 24.1 Å². The molecule has 0 unspecified atom stereocenters. The fourth-order valence-corrected chi connectivity index (χ4v) is 1.98. The van der Waals surface area contributed by atoms with Gasteiger partial charge in [-0.1, -0.05) is 6.07 Å². The summed E-state index contributed by atoms with van der Waals surface area (Å²) in [5.41, 5.74) is 6.89. The molecular weight excluding hydrogens is 252 g/mol. The van der Waals surface area contributed by atoms with Crippen molar-refractivity contribution in [2.45, 2.75) is 18.8 Å². The third kappa shape index (κ3) is 2.82. The number of anilines is 2. The molecule has 0 radical (unpaired) electrons. The van der Waals surface area contributed by atoms with Gasteiger partial charge in [0.2, 0.25) is 5.88 Å². The maximum atomic E-state index is 5.82. The molecule has 1 fully saturated rings. The first-order valence-electron chi connectivity index (χ1n) is 6.71. The molecule has 0 bridgehead atoms. The molecule has 0 saturated heterocycles. The molecule has 1 aliphatic carbocycles. The molecule has 5 nitrogen and oxygen atoms in total. The van der Waals surface area contributed by atoms with E-state index in [0.717, 1.165) is 30.1 Å². The molecule has 104 valence electrons. The Morgan fingerprint density at radius 2 is 2.00 bits per heavy atom. The van der Waals surface area contributed by atoms with Crippen LogP contribution in [-0.2, 0) is 0 Å². The lowest BCUT2D eigenvalue weighted by atomic mass is 10.3. The second kappa shape index (κ2) is 5.00. The highest BCUT2D eigenvalue weighted by atomic mass is 16.5. The van der Waals surface area contributed by atoms with Crippen LogP contribution in [0.1, 0.15) is 24.6 Å². The van der Waals surface area contributed by atoms with Gasteiger partial charge in [-0.05, 0) is 25.0 Å². The second-order valence-corrected chi connectivity index (χ2v) is 5.26. The molecule has 3 rings (SSSR count). The lowest BCUT2D eigenvalue weighted by Gasteiger charge is -2.14. The average Bonchev–Trinajstić information content (AvgIpc) is 3.22. The highest BCUT2D eigenvalue weighted by Crippen LogP contribution is 2.39. The van der Waals surface area contributed by atoms with Gasteiger partial charge in [-0.2, -0.15) is 4.98 Å². The molecule has 2 N–H and O–H groups in total. The maximum absolute atomic E-state index is 5.82. The first kappa shape index (κ1) is 12.7. The van der Waals surface area contributed by atoms with Crippen molar-refractivity contribution in [3.8, 4) is 11.6 Å². The van der Waals surface area contributed by atoms with Gasteiger partial charge in [0.05, 0.1) is 0 Å². The van der Waals surface area contributed by atoms with Crippen molar-refractivity contribution in [2.75, 3.05) is 24.7 Å². The van der Waals surface area contributed by atoms with E-state index in [2.05, 4.69) is 9.97 Å². The number of nitrogens with two attached hydrogens (primary N) is 1. The second-order valence-electron chi connectivity index (χ2n) is 5.26. The van der Waals surface area contributed by atoms with Gasteiger partial charge in [0, 0.05) is 37.8 Å². The minimum atomic E-state index is 0.453. The molecule has 2 aromatic rings. The minimum Gasteiger partial charge on any atom is -0.439 e. The van der Waals surface area contributed by atoms with Gasteiger partial charge < -0.3 is 15.4 Å². The number of ether oxygens (including phenoxy) is 1. The molecule has 1 aliphatic rings. The Bertz CT molecular complexity index is 623. The number of nitrogen functional groups attached to an aromatic ring is 1. The molecule has 20 heavy (non-hydrogen) atoms. The molecule has 1 aromatic carbocycles. The Kier molecular flexibility index (Phi) is 3.18. The van der Waals surface area contributed by atoms with Gasteiger partial charge in [-0.3, -0.25) is 0 Å². The van der Waals surface area contributed by atoms with Crippen LogP contribution in [0.25, 0.3) is 0 Å². The molecule has 0 aliphatic heterocycles. The molecule has 1 aromatic heterocycles. The molecule has 0 spiro atoms. The van der Waals surface area contributed by atoms with E-state index in [4.69, 9.17) is 10.5 Å². The van der Waals surface area contributed by atoms with Crippen molar-refractivity contribution in [1.29, 1.82) is 0 Å². The van der Waals surface area contributed by atoms with Gasteiger partial charge >= 0.3 is 0 Å². The van der Waals surface area contributed by atoms with Gasteiger partial charge in [0.1, 0.15) is 17.4 Å². The number of hydrogen-bond acceptors (Lipinski definition) is 5. The van der Waals surface area contributed by atoms with Gasteiger partial charge in [0.15, 0.2) is 0 Å². The largest absolute Gasteiger partial charge is 0.439 e. The summed E-state index contributed by atoms with van der Waals surface area (Å²) in [5.74, 6) is 2.96. The fourth-order valence-electron chi connectivity index (χ4n) is 1.98. The third-order valence-corrected chi connectivity index (χ3v) is 3.24. The number of nitrogens with zero attached hydrogens (tertiary/aromatic N) is 3. The van der Waals surface area contributed by atoms with Crippen LogP contribution in [0.4, 0.5) is 11.5 Å². The van der Waals surface area contributed by atoms with Crippen molar-refractivity contribution in [2.24, 2.45) is 0 Å². The normalized spacial score (nSPS) is 14.1. The number of benzene rings is 1. The quantitative estimate of drug-likeness (QED) is 0.925. The molecule has 1 heterocycles. The van der Waals surface area contributed by atoms with E-state index < -0.39 is 0 Å². The van der Waals surface area contributed by atoms with E-state index in [1.165, 1.54) is 0 Å². The standard InChI is InChI=1S/C15H18N4O/c1-19(2)11-4-3-5-12(8-11)20-14-9-13(16)17-15(18-14)10-6-7-10/h3-5,8-10H,6-7H2,1-2H3,(H2,16,17,18). The molecule has 1 saturated carbocycles. The van der Waals surface area contributed by atoms with Crippen LogP contribution in [0.2, 0.25) is 0 Å². The number of hydrogen-bond donors (Lipinski definition) is 1. The highest BCUT2D eigenvalue weighted by Gasteiger charge is 2.27. The van der Waals surface area contributed by atoms with Gasteiger partial charge in [-0.15, -0.1) is 0 Å². The van der Waals surface area contributed by atoms with Crippen LogP contribution in [0.15, 0.2) is 30.3 Å². The maximum Gasteiger partial charge on any atom is 0.224 e. The Labute approximate surface area is 118 Å². The zero-order chi connectivity index (χ0) is 14.1. The topological polar surface area (TPSA) is 64.3 Å². The highest BCUT2D eigenvalue weighted by molar-refractivity contribution is 5.50. The van der Waals surface area contributed by atoms with Crippen LogP contribution in [0.5, 0.6) is 11.6 Å². The van der Waals surface area contributed by atoms with E-state index in [-0.39, 0.29) is 0 Å². The lowest BCUT2D eigenvalue weighted by Crippen LogP contribution is -2.08. The van der Waals surface area contributed by atoms with Crippen LogP contribution < -0.4 is 15.4 Å². The zero-order valence-corrected chi connectivity index (χ0v) is 11.7. The molecule has 5 heteroatoms. The fraction of sp³-hybridized carbons (Fsp3) is 0.333. The smallest absolute Gasteiger partial charge is 0.224 e. The summed E-state index contributed by atoms with van der Waals surface area (Å²) in [5, 5.41) is 0. The van der Waals surface area contributed by atoms with E-state index in [1.54, 1.807) is 6.07 Å². The Hall–Kier alpha value is -2.30. The number of aromatic nitrogens is 2. The average molecular weight is 270 g/mol. The molecular formula is C15H18N4O. The van der Waals surface area contributed by atoms with E-state index in [0.29, 0.717) is 17.6 Å². The Morgan fingerprint density at radius 1 is 1.20 bits per heavy atom. The summed E-state index contributed by atoms with van der Waals surface area (Å²) >= 11 is 0. The number of rotatable bonds is 4. The summed E-state index contributed by atoms with van der Waals surface area (Å²) in [4.78, 5) is 10.7. The van der Waals surface area contributed by atoms with Crippen molar-refractivity contribution >= 4 is 11.5 Å². The SMILES string of the molecule is CN(C)c1cccc(Oc2cc(N)nc(C3CC3)n2)c1. The van der Waals surface area contributed by atoms with Crippen LogP contribution in [0.3, 0.4) is 0 Å². The monoisotopic (exact) mass is 270 g/mol. The summed E-state index contributed by atoms with van der Waals surface area (Å²) in [6, 6.07) is 9.51. The third-order valence-electron chi connectivity index (χ3n) is 3.24. The summed E-state index contributed by atoms with van der Waals surface area (Å²) in [7, 11) is 3.99. The predicted molar refractivity (Wildman–Crippen MR) is 79.3 cm³/mol. The summed E-state index contributed by atoms with van der Waals surface area (Å²) in [6.45, 7) is 0. The van der Waals surface area contributed by atoms with Crippen LogP contribution in [0, 0.1) is 0 Å². The van der Waals surface area contributed by atoms with Crippen molar-refractivity contribution in [1.82, 2.24) is 9.97 Å². The van der Waals surface area contributed by atoms with E-state index >= 15 is 0 Å². The van der Waals surface area contributed by atoms with Crippen molar-refractivity contribution < 1.29 is 4.74 Å². The Morgan fingerprint density at radius 3 is 2.70 bits per heavy atom. The van der Waals surface area contributed by atoms with E-state index in [1.807, 2.05) is 43.3 Å². The summed E-state index contributed by atoms with van der Waals surface area (Å²) in [6.07, 6.45) is 2.28. The van der Waals surface area contributed by atoms with E-state index in [9.17, 15) is 0 Å². The van der Waals surface area contributed by atoms with Crippen molar-refractivity contribution in [3.05, 3.63) is 36.2 Å². The summed E-state index contributed by atoms with van der Waals surface area (Å²) < 4.78 is 5.81. The van der Waals surface area contributed by atoms with Crippen LogP contribution >= 0.6 is 0 Å². The Balaban J connectivity index is 1.85. The van der Waals surface area contributed by atoms with Gasteiger partial charge in [-0.25, -0.2) is 4.98 Å². The molecule has 0 amide bonds. The predicted octanol–water partition coefficient (Wildman–Crippen LogP) is 2.79. The first-order chi connectivity index (χ1) is 9.61. The van der Waals surface area contributed by atoms with Crippen molar-refractivity contribution in [3.63, 3.8) is 0 Å². The minimum absolute atomic E-state index is 0.453. The lowest BCUT2D eigenvalue weighted by molar-refractivity contribution is 0.459. The van der Waals surface area contributed by atoms with Gasteiger partial charge in [0.25, 0.3) is 0 Å². The molecule has 0 atom stereocenters.